The number of nitrogens with zero attached hydrogens (tertiary/aromatic N) is 1. The van der Waals surface area contributed by atoms with Crippen molar-refractivity contribution in [3.8, 4) is 0 Å². The van der Waals surface area contributed by atoms with E-state index in [0.717, 1.165) is 24.2 Å². The van der Waals surface area contributed by atoms with Gasteiger partial charge in [-0.3, -0.25) is 0 Å². The van der Waals surface area contributed by atoms with Gasteiger partial charge in [0.1, 0.15) is 0 Å². The molecule has 0 aromatic rings. The minimum atomic E-state index is -0.551. The molecule has 0 aliphatic heterocycles. The molecule has 3 rings (SSSR count). The van der Waals surface area contributed by atoms with Crippen molar-refractivity contribution in [2.45, 2.75) is 25.7 Å². The van der Waals surface area contributed by atoms with Crippen LogP contribution in [-0.2, 0) is 0 Å². The van der Waals surface area contributed by atoms with Crippen molar-refractivity contribution in [1.82, 2.24) is 5.43 Å². The van der Waals surface area contributed by atoms with E-state index in [1.165, 1.54) is 25.0 Å². The van der Waals surface area contributed by atoms with Gasteiger partial charge >= 0.3 is 6.03 Å². The summed E-state index contributed by atoms with van der Waals surface area (Å²) >= 11 is 0. The van der Waals surface area contributed by atoms with E-state index in [9.17, 15) is 4.79 Å². The number of nitrogens with two attached hydrogens (primary N) is 1. The molecule has 3 aliphatic rings. The van der Waals surface area contributed by atoms with Crippen LogP contribution >= 0.6 is 0 Å². The van der Waals surface area contributed by atoms with Gasteiger partial charge in [-0.25, -0.2) is 10.2 Å². The summed E-state index contributed by atoms with van der Waals surface area (Å²) in [4.78, 5) is 10.5. The molecule has 4 heteroatoms. The van der Waals surface area contributed by atoms with Crippen LogP contribution in [0.1, 0.15) is 25.7 Å². The highest BCUT2D eigenvalue weighted by atomic mass is 16.2. The van der Waals surface area contributed by atoms with Crippen molar-refractivity contribution in [3.63, 3.8) is 0 Å². The number of primary amides is 1. The normalized spacial score (nSPS) is 46.1. The number of amides is 2. The van der Waals surface area contributed by atoms with E-state index in [2.05, 4.69) is 10.5 Å². The molecule has 3 saturated carbocycles. The molecule has 14 heavy (non-hydrogen) atoms. The molecule has 4 bridgehead atoms. The van der Waals surface area contributed by atoms with Crippen LogP contribution in [0.5, 0.6) is 0 Å². The molecule has 0 aromatic carbocycles. The van der Waals surface area contributed by atoms with E-state index in [1.54, 1.807) is 0 Å². The molecular weight excluding hydrogens is 178 g/mol. The van der Waals surface area contributed by atoms with Crippen LogP contribution in [0, 0.1) is 23.7 Å². The number of hydrazone groups is 1. The summed E-state index contributed by atoms with van der Waals surface area (Å²) in [6.07, 6.45) is 5.19. The lowest BCUT2D eigenvalue weighted by molar-refractivity contribution is 0.249. The average molecular weight is 193 g/mol. The Morgan fingerprint density at radius 1 is 1.43 bits per heavy atom. The molecule has 0 heterocycles. The van der Waals surface area contributed by atoms with Gasteiger partial charge in [0.05, 0.1) is 0 Å². The Hall–Kier alpha value is -1.06. The van der Waals surface area contributed by atoms with E-state index < -0.39 is 6.03 Å². The largest absolute Gasteiger partial charge is 0.350 e. The lowest BCUT2D eigenvalue weighted by Crippen LogP contribution is -2.28. The monoisotopic (exact) mass is 193 g/mol. The lowest BCUT2D eigenvalue weighted by atomic mass is 9.84. The molecule has 4 atom stereocenters. The van der Waals surface area contributed by atoms with Crippen molar-refractivity contribution in [1.29, 1.82) is 0 Å². The third-order valence-corrected chi connectivity index (χ3v) is 4.28. The van der Waals surface area contributed by atoms with Crippen LogP contribution < -0.4 is 11.2 Å². The van der Waals surface area contributed by atoms with Crippen molar-refractivity contribution in [2.75, 3.05) is 0 Å². The van der Waals surface area contributed by atoms with Crippen LogP contribution in [0.4, 0.5) is 4.79 Å². The molecule has 0 spiro atoms. The van der Waals surface area contributed by atoms with Crippen molar-refractivity contribution in [3.05, 3.63) is 0 Å². The van der Waals surface area contributed by atoms with Gasteiger partial charge in [0, 0.05) is 11.6 Å². The highest BCUT2D eigenvalue weighted by Crippen LogP contribution is 2.59. The highest BCUT2D eigenvalue weighted by molar-refractivity contribution is 5.91. The predicted molar refractivity (Wildman–Crippen MR) is 52.6 cm³/mol. The van der Waals surface area contributed by atoms with Crippen molar-refractivity contribution in [2.24, 2.45) is 34.5 Å². The predicted octanol–water partition coefficient (Wildman–Crippen LogP) is 1.08. The lowest BCUT2D eigenvalue weighted by Gasteiger charge is -2.22. The van der Waals surface area contributed by atoms with Gasteiger partial charge < -0.3 is 5.73 Å². The van der Waals surface area contributed by atoms with E-state index in [4.69, 9.17) is 5.73 Å². The molecular formula is C10H15N3O. The van der Waals surface area contributed by atoms with Gasteiger partial charge in [0.2, 0.25) is 0 Å². The van der Waals surface area contributed by atoms with Crippen LogP contribution in [0.3, 0.4) is 0 Å². The molecule has 2 amide bonds. The summed E-state index contributed by atoms with van der Waals surface area (Å²) in [5, 5.41) is 4.12. The minimum absolute atomic E-state index is 0.551. The summed E-state index contributed by atoms with van der Waals surface area (Å²) in [7, 11) is 0. The van der Waals surface area contributed by atoms with Crippen molar-refractivity contribution >= 4 is 11.7 Å². The highest BCUT2D eigenvalue weighted by Gasteiger charge is 2.55. The average Bonchev–Trinajstić information content (AvgIpc) is 2.79. The number of nitrogens with one attached hydrogen (secondary N) is 1. The fourth-order valence-electron chi connectivity index (χ4n) is 3.83. The molecule has 3 N–H and O–H groups in total. The Labute approximate surface area is 82.9 Å². The number of hydrogen-bond donors (Lipinski definition) is 2. The summed E-state index contributed by atoms with van der Waals surface area (Å²) in [5.74, 6) is 3.35. The number of urea groups is 1. The Morgan fingerprint density at radius 3 is 2.93 bits per heavy atom. The smallest absolute Gasteiger partial charge is 0.332 e. The fraction of sp³-hybridized carbons (Fsp3) is 0.800. The second kappa shape index (κ2) is 2.72. The summed E-state index contributed by atoms with van der Waals surface area (Å²) in [6, 6.07) is -0.551. The summed E-state index contributed by atoms with van der Waals surface area (Å²) in [6.45, 7) is 0. The second-order valence-electron chi connectivity index (χ2n) is 4.79. The zero-order valence-electron chi connectivity index (χ0n) is 8.07. The quantitative estimate of drug-likeness (QED) is 0.601. The van der Waals surface area contributed by atoms with Gasteiger partial charge in [-0.2, -0.15) is 5.10 Å². The zero-order chi connectivity index (χ0) is 9.71. The maximum Gasteiger partial charge on any atom is 0.332 e. The molecule has 0 radical (unpaired) electrons. The van der Waals surface area contributed by atoms with Gasteiger partial charge in [0.25, 0.3) is 0 Å². The van der Waals surface area contributed by atoms with Crippen LogP contribution in [0.15, 0.2) is 5.10 Å². The van der Waals surface area contributed by atoms with E-state index in [1.807, 2.05) is 0 Å². The third kappa shape index (κ3) is 0.996. The summed E-state index contributed by atoms with van der Waals surface area (Å²) in [5.41, 5.74) is 8.54. The molecule has 4 unspecified atom stereocenters. The summed E-state index contributed by atoms with van der Waals surface area (Å²) < 4.78 is 0. The molecule has 3 aliphatic carbocycles. The molecule has 0 aromatic heterocycles. The Morgan fingerprint density at radius 2 is 2.29 bits per heavy atom. The van der Waals surface area contributed by atoms with Gasteiger partial charge in [-0.05, 0) is 43.4 Å². The zero-order valence-corrected chi connectivity index (χ0v) is 8.07. The second-order valence-corrected chi connectivity index (χ2v) is 4.79. The molecule has 0 saturated heterocycles. The van der Waals surface area contributed by atoms with Crippen LogP contribution in [-0.4, -0.2) is 11.7 Å². The Balaban J connectivity index is 1.75. The van der Waals surface area contributed by atoms with Gasteiger partial charge in [0.15, 0.2) is 0 Å². The molecule has 4 nitrogen and oxygen atoms in total. The molecule has 3 fully saturated rings. The topological polar surface area (TPSA) is 67.5 Å². The first-order chi connectivity index (χ1) is 6.75. The first-order valence-corrected chi connectivity index (χ1v) is 5.37. The van der Waals surface area contributed by atoms with Crippen molar-refractivity contribution < 1.29 is 4.79 Å². The Bertz CT molecular complexity index is 312. The Kier molecular flexibility index (Phi) is 1.60. The van der Waals surface area contributed by atoms with E-state index >= 15 is 0 Å². The first kappa shape index (κ1) is 8.26. The third-order valence-electron chi connectivity index (χ3n) is 4.28. The maximum absolute atomic E-state index is 10.5. The number of rotatable bonds is 1. The van der Waals surface area contributed by atoms with E-state index in [-0.39, 0.29) is 0 Å². The minimum Gasteiger partial charge on any atom is -0.350 e. The first-order valence-electron chi connectivity index (χ1n) is 5.37. The van der Waals surface area contributed by atoms with Crippen LogP contribution in [0.2, 0.25) is 0 Å². The number of carbonyl (C=O) groups excluding carboxylic acids is 1. The number of hydrogen-bond acceptors (Lipinski definition) is 2. The van der Waals surface area contributed by atoms with Crippen LogP contribution in [0.25, 0.3) is 0 Å². The number of carbonyl (C=O) groups is 1. The standard InChI is InChI=1S/C10H15N3O/c11-10(14)13-12-9-4-7-5-1-2-6(7)8(9)3-5/h5-8H,1-4H2,(H3,11,13,14)/b12-9-. The maximum atomic E-state index is 10.5. The van der Waals surface area contributed by atoms with Gasteiger partial charge in [-0.15, -0.1) is 0 Å². The fourth-order valence-corrected chi connectivity index (χ4v) is 3.83. The van der Waals surface area contributed by atoms with E-state index in [0.29, 0.717) is 5.92 Å². The van der Waals surface area contributed by atoms with Gasteiger partial charge in [-0.1, -0.05) is 0 Å². The SMILES string of the molecule is NC(=O)N/N=C1/CC2C3CCC2C1C3. The molecule has 76 valence electrons.